The zero-order chi connectivity index (χ0) is 9.68. The van der Waals surface area contributed by atoms with E-state index in [1.54, 1.807) is 12.2 Å². The normalized spacial score (nSPS) is 10.6. The minimum Gasteiger partial charge on any atom is -0.294 e. The SMILES string of the molecule is C/C=C/C(=O)Cc1ccc(C)cc1. The third-order valence-corrected chi connectivity index (χ3v) is 1.85. The Labute approximate surface area is 79.1 Å². The standard InChI is InChI=1S/C12H14O/c1-3-4-12(13)9-11-7-5-10(2)6-8-11/h3-8H,9H2,1-2H3/b4-3+. The number of benzene rings is 1. The average Bonchev–Trinajstić information content (AvgIpc) is 2.09. The van der Waals surface area contributed by atoms with Gasteiger partial charge in [0.2, 0.25) is 0 Å². The number of carbonyl (C=O) groups excluding carboxylic acids is 1. The van der Waals surface area contributed by atoms with Crippen LogP contribution in [-0.2, 0) is 11.2 Å². The zero-order valence-electron chi connectivity index (χ0n) is 8.08. The van der Waals surface area contributed by atoms with Crippen molar-refractivity contribution in [3.8, 4) is 0 Å². The molecule has 0 heterocycles. The molecule has 0 amide bonds. The van der Waals surface area contributed by atoms with Gasteiger partial charge in [0.15, 0.2) is 5.78 Å². The molecule has 0 radical (unpaired) electrons. The van der Waals surface area contributed by atoms with E-state index in [2.05, 4.69) is 0 Å². The van der Waals surface area contributed by atoms with Crippen molar-refractivity contribution in [1.82, 2.24) is 0 Å². The van der Waals surface area contributed by atoms with Crippen LogP contribution in [0.1, 0.15) is 18.1 Å². The van der Waals surface area contributed by atoms with Crippen molar-refractivity contribution in [2.45, 2.75) is 20.3 Å². The van der Waals surface area contributed by atoms with Gasteiger partial charge in [-0.1, -0.05) is 35.9 Å². The molecule has 0 N–H and O–H groups in total. The Kier molecular flexibility index (Phi) is 3.44. The molecular formula is C12H14O. The van der Waals surface area contributed by atoms with Crippen LogP contribution in [0.5, 0.6) is 0 Å². The van der Waals surface area contributed by atoms with Crippen LogP contribution in [-0.4, -0.2) is 5.78 Å². The third-order valence-electron chi connectivity index (χ3n) is 1.85. The van der Waals surface area contributed by atoms with E-state index in [1.807, 2.05) is 38.1 Å². The molecule has 1 aromatic carbocycles. The molecule has 0 saturated heterocycles. The van der Waals surface area contributed by atoms with Crippen molar-refractivity contribution < 1.29 is 4.79 Å². The topological polar surface area (TPSA) is 17.1 Å². The fourth-order valence-electron chi connectivity index (χ4n) is 1.15. The van der Waals surface area contributed by atoms with Crippen LogP contribution in [0.2, 0.25) is 0 Å². The third kappa shape index (κ3) is 3.24. The predicted molar refractivity (Wildman–Crippen MR) is 54.7 cm³/mol. The first-order valence-corrected chi connectivity index (χ1v) is 4.43. The molecule has 0 aliphatic heterocycles. The van der Waals surface area contributed by atoms with Gasteiger partial charge in [0, 0.05) is 6.42 Å². The molecule has 0 saturated carbocycles. The summed E-state index contributed by atoms with van der Waals surface area (Å²) in [5.74, 6) is 0.159. The summed E-state index contributed by atoms with van der Waals surface area (Å²) in [4.78, 5) is 11.2. The van der Waals surface area contributed by atoms with Crippen molar-refractivity contribution in [2.75, 3.05) is 0 Å². The van der Waals surface area contributed by atoms with E-state index in [0.717, 1.165) is 5.56 Å². The lowest BCUT2D eigenvalue weighted by Gasteiger charge is -1.97. The van der Waals surface area contributed by atoms with Crippen LogP contribution in [0.4, 0.5) is 0 Å². The van der Waals surface area contributed by atoms with Crippen LogP contribution >= 0.6 is 0 Å². The number of hydrogen-bond donors (Lipinski definition) is 0. The fraction of sp³-hybridized carbons (Fsp3) is 0.250. The summed E-state index contributed by atoms with van der Waals surface area (Å²) in [6.45, 7) is 3.89. The number of allylic oxidation sites excluding steroid dienone is 2. The molecule has 68 valence electrons. The molecule has 0 bridgehead atoms. The zero-order valence-corrected chi connectivity index (χ0v) is 8.08. The van der Waals surface area contributed by atoms with Crippen LogP contribution < -0.4 is 0 Å². The maximum atomic E-state index is 11.2. The maximum absolute atomic E-state index is 11.2. The first-order chi connectivity index (χ1) is 6.22. The van der Waals surface area contributed by atoms with Gasteiger partial charge in [-0.05, 0) is 25.5 Å². The van der Waals surface area contributed by atoms with E-state index in [4.69, 9.17) is 0 Å². The van der Waals surface area contributed by atoms with E-state index in [-0.39, 0.29) is 5.78 Å². The summed E-state index contributed by atoms with van der Waals surface area (Å²) in [5, 5.41) is 0. The molecule has 0 atom stereocenters. The monoisotopic (exact) mass is 174 g/mol. The number of aryl methyl sites for hydroxylation is 1. The second-order valence-corrected chi connectivity index (χ2v) is 3.13. The van der Waals surface area contributed by atoms with Gasteiger partial charge < -0.3 is 0 Å². The van der Waals surface area contributed by atoms with Crippen molar-refractivity contribution in [3.05, 3.63) is 47.5 Å². The molecule has 1 heteroatoms. The van der Waals surface area contributed by atoms with Gasteiger partial charge in [-0.2, -0.15) is 0 Å². The predicted octanol–water partition coefficient (Wildman–Crippen LogP) is 2.68. The van der Waals surface area contributed by atoms with Gasteiger partial charge >= 0.3 is 0 Å². The van der Waals surface area contributed by atoms with Gasteiger partial charge in [-0.15, -0.1) is 0 Å². The first kappa shape index (κ1) is 9.72. The molecule has 0 aliphatic carbocycles. The van der Waals surface area contributed by atoms with Gasteiger partial charge in [0.25, 0.3) is 0 Å². The Morgan fingerprint density at radius 2 is 1.92 bits per heavy atom. The Morgan fingerprint density at radius 3 is 2.46 bits per heavy atom. The van der Waals surface area contributed by atoms with Crippen LogP contribution in [0, 0.1) is 6.92 Å². The highest BCUT2D eigenvalue weighted by atomic mass is 16.1. The molecule has 13 heavy (non-hydrogen) atoms. The molecule has 0 aliphatic rings. The number of carbonyl (C=O) groups is 1. The highest BCUT2D eigenvalue weighted by molar-refractivity contribution is 5.91. The second-order valence-electron chi connectivity index (χ2n) is 3.13. The second kappa shape index (κ2) is 4.61. The van der Waals surface area contributed by atoms with E-state index >= 15 is 0 Å². The van der Waals surface area contributed by atoms with Crippen molar-refractivity contribution in [2.24, 2.45) is 0 Å². The average molecular weight is 174 g/mol. The minimum atomic E-state index is 0.159. The molecular weight excluding hydrogens is 160 g/mol. The van der Waals surface area contributed by atoms with Gasteiger partial charge in [-0.3, -0.25) is 4.79 Å². The maximum Gasteiger partial charge on any atom is 0.159 e. The Morgan fingerprint density at radius 1 is 1.31 bits per heavy atom. The molecule has 1 aromatic rings. The lowest BCUT2D eigenvalue weighted by molar-refractivity contribution is -0.114. The highest BCUT2D eigenvalue weighted by Crippen LogP contribution is 2.04. The lowest BCUT2D eigenvalue weighted by atomic mass is 10.1. The van der Waals surface area contributed by atoms with Crippen LogP contribution in [0.3, 0.4) is 0 Å². The number of hydrogen-bond acceptors (Lipinski definition) is 1. The first-order valence-electron chi connectivity index (χ1n) is 4.43. The summed E-state index contributed by atoms with van der Waals surface area (Å²) >= 11 is 0. The number of ketones is 1. The summed E-state index contributed by atoms with van der Waals surface area (Å²) in [7, 11) is 0. The van der Waals surface area contributed by atoms with Gasteiger partial charge in [0.05, 0.1) is 0 Å². The number of rotatable bonds is 3. The summed E-state index contributed by atoms with van der Waals surface area (Å²) < 4.78 is 0. The van der Waals surface area contributed by atoms with Gasteiger partial charge in [0.1, 0.15) is 0 Å². The van der Waals surface area contributed by atoms with Crippen molar-refractivity contribution in [1.29, 1.82) is 0 Å². The Bertz CT molecular complexity index is 306. The van der Waals surface area contributed by atoms with Crippen molar-refractivity contribution in [3.63, 3.8) is 0 Å². The van der Waals surface area contributed by atoms with E-state index in [9.17, 15) is 4.79 Å². The van der Waals surface area contributed by atoms with Crippen molar-refractivity contribution >= 4 is 5.78 Å². The summed E-state index contributed by atoms with van der Waals surface area (Å²) in [6.07, 6.45) is 3.89. The van der Waals surface area contributed by atoms with Crippen LogP contribution in [0.15, 0.2) is 36.4 Å². The van der Waals surface area contributed by atoms with Gasteiger partial charge in [-0.25, -0.2) is 0 Å². The summed E-state index contributed by atoms with van der Waals surface area (Å²) in [5.41, 5.74) is 2.30. The lowest BCUT2D eigenvalue weighted by Crippen LogP contribution is -1.97. The molecule has 1 rings (SSSR count). The Hall–Kier alpha value is -1.37. The fourth-order valence-corrected chi connectivity index (χ4v) is 1.15. The largest absolute Gasteiger partial charge is 0.294 e. The molecule has 0 fully saturated rings. The molecule has 0 spiro atoms. The summed E-state index contributed by atoms with van der Waals surface area (Å²) in [6, 6.07) is 8.05. The minimum absolute atomic E-state index is 0.159. The highest BCUT2D eigenvalue weighted by Gasteiger charge is 1.97. The van der Waals surface area contributed by atoms with E-state index in [1.165, 1.54) is 5.56 Å². The van der Waals surface area contributed by atoms with E-state index < -0.39 is 0 Å². The Balaban J connectivity index is 2.64. The van der Waals surface area contributed by atoms with Crippen LogP contribution in [0.25, 0.3) is 0 Å². The molecule has 1 nitrogen and oxygen atoms in total. The smallest absolute Gasteiger partial charge is 0.159 e. The molecule has 0 aromatic heterocycles. The quantitative estimate of drug-likeness (QED) is 0.644. The molecule has 0 unspecified atom stereocenters. The van der Waals surface area contributed by atoms with E-state index in [0.29, 0.717) is 6.42 Å².